The van der Waals surface area contributed by atoms with Crippen molar-refractivity contribution in [2.24, 2.45) is 17.3 Å². The van der Waals surface area contributed by atoms with Gasteiger partial charge < -0.3 is 5.11 Å². The Balaban J connectivity index is 2.31. The molecule has 0 bridgehead atoms. The normalized spacial score (nSPS) is 20.0. The summed E-state index contributed by atoms with van der Waals surface area (Å²) in [6, 6.07) is 0. The third-order valence-corrected chi connectivity index (χ3v) is 5.06. The Morgan fingerprint density at radius 2 is 1.86 bits per heavy atom. The number of hydrogen-bond acceptors (Lipinski definition) is 1. The number of rotatable bonds is 9. The second-order valence-corrected chi connectivity index (χ2v) is 7.86. The molecule has 1 aliphatic rings. The molecule has 2 atom stereocenters. The Hall–Kier alpha value is -1.05. The van der Waals surface area contributed by atoms with Crippen molar-refractivity contribution < 1.29 is 9.90 Å². The molecule has 1 aliphatic carbocycles. The molecule has 0 saturated heterocycles. The average molecular weight is 306 g/mol. The highest BCUT2D eigenvalue weighted by molar-refractivity contribution is 5.66. The molecule has 0 aromatic heterocycles. The summed E-state index contributed by atoms with van der Waals surface area (Å²) in [5.41, 5.74) is 3.40. The van der Waals surface area contributed by atoms with E-state index in [4.69, 9.17) is 5.11 Å². The van der Waals surface area contributed by atoms with Crippen molar-refractivity contribution in [2.45, 2.75) is 79.6 Å². The Morgan fingerprint density at radius 3 is 2.45 bits per heavy atom. The van der Waals surface area contributed by atoms with Crippen molar-refractivity contribution in [2.75, 3.05) is 0 Å². The Kier molecular flexibility index (Phi) is 7.38. The zero-order valence-corrected chi connectivity index (χ0v) is 15.1. The smallest absolute Gasteiger partial charge is 0.303 e. The maximum absolute atomic E-state index is 10.7. The van der Waals surface area contributed by atoms with Gasteiger partial charge in [0.1, 0.15) is 0 Å². The first-order valence-corrected chi connectivity index (χ1v) is 8.81. The molecular weight excluding hydrogens is 272 g/mol. The minimum Gasteiger partial charge on any atom is -0.481 e. The number of hydrogen-bond donors (Lipinski definition) is 1. The minimum absolute atomic E-state index is 0.220. The predicted octanol–water partition coefficient (Wildman–Crippen LogP) is 5.99. The first-order chi connectivity index (χ1) is 10.2. The lowest BCUT2D eigenvalue weighted by Crippen LogP contribution is -2.17. The fourth-order valence-electron chi connectivity index (χ4n) is 3.59. The quantitative estimate of drug-likeness (QED) is 0.531. The van der Waals surface area contributed by atoms with E-state index >= 15 is 0 Å². The highest BCUT2D eigenvalue weighted by Gasteiger charge is 2.24. The van der Waals surface area contributed by atoms with Crippen LogP contribution in [-0.2, 0) is 4.79 Å². The first kappa shape index (κ1) is 19.0. The highest BCUT2D eigenvalue weighted by Crippen LogP contribution is 2.39. The molecule has 0 aromatic rings. The Bertz CT molecular complexity index is 429. The van der Waals surface area contributed by atoms with E-state index in [-0.39, 0.29) is 5.41 Å². The fourth-order valence-corrected chi connectivity index (χ4v) is 3.59. The van der Waals surface area contributed by atoms with Gasteiger partial charge in [0.05, 0.1) is 0 Å². The maximum Gasteiger partial charge on any atom is 0.303 e. The van der Waals surface area contributed by atoms with Crippen molar-refractivity contribution in [1.82, 2.24) is 0 Å². The van der Waals surface area contributed by atoms with Crippen LogP contribution in [0.1, 0.15) is 79.6 Å². The Labute approximate surface area is 136 Å². The molecule has 0 spiro atoms. The largest absolute Gasteiger partial charge is 0.481 e. The molecule has 2 nitrogen and oxygen atoms in total. The molecule has 0 amide bonds. The van der Waals surface area contributed by atoms with Crippen LogP contribution in [0, 0.1) is 17.3 Å². The topological polar surface area (TPSA) is 37.3 Å². The zero-order chi connectivity index (χ0) is 16.8. The number of aliphatic carboxylic acids is 1. The van der Waals surface area contributed by atoms with E-state index in [1.54, 1.807) is 11.1 Å². The first-order valence-electron chi connectivity index (χ1n) is 8.81. The van der Waals surface area contributed by atoms with Gasteiger partial charge in [-0.3, -0.25) is 4.79 Å². The number of carboxylic acids is 1. The van der Waals surface area contributed by atoms with E-state index in [0.717, 1.165) is 25.2 Å². The van der Waals surface area contributed by atoms with Crippen LogP contribution in [0.2, 0.25) is 0 Å². The van der Waals surface area contributed by atoms with Crippen LogP contribution in [-0.4, -0.2) is 11.1 Å². The zero-order valence-electron chi connectivity index (χ0n) is 15.1. The predicted molar refractivity (Wildman–Crippen MR) is 93.9 cm³/mol. The van der Waals surface area contributed by atoms with Gasteiger partial charge in [0.2, 0.25) is 0 Å². The minimum atomic E-state index is -0.671. The molecule has 0 heterocycles. The van der Waals surface area contributed by atoms with Crippen molar-refractivity contribution in [3.63, 3.8) is 0 Å². The molecular formula is C20H34O2. The lowest BCUT2D eigenvalue weighted by atomic mass is 9.74. The highest BCUT2D eigenvalue weighted by atomic mass is 16.4. The van der Waals surface area contributed by atoms with Gasteiger partial charge in [-0.25, -0.2) is 0 Å². The van der Waals surface area contributed by atoms with E-state index in [1.807, 2.05) is 6.92 Å². The summed E-state index contributed by atoms with van der Waals surface area (Å²) in [6.45, 7) is 11.3. The van der Waals surface area contributed by atoms with Gasteiger partial charge >= 0.3 is 5.97 Å². The summed E-state index contributed by atoms with van der Waals surface area (Å²) >= 11 is 0. The van der Waals surface area contributed by atoms with Crippen LogP contribution in [0.15, 0.2) is 23.3 Å². The van der Waals surface area contributed by atoms with Crippen LogP contribution in [0.4, 0.5) is 0 Å². The molecule has 2 unspecified atom stereocenters. The molecule has 2 heteroatoms. The van der Waals surface area contributed by atoms with Gasteiger partial charge in [0.15, 0.2) is 0 Å². The fraction of sp³-hybridized carbons (Fsp3) is 0.750. The molecule has 126 valence electrons. The van der Waals surface area contributed by atoms with Gasteiger partial charge in [-0.05, 0) is 38.0 Å². The van der Waals surface area contributed by atoms with Gasteiger partial charge in [-0.1, -0.05) is 70.3 Å². The Morgan fingerprint density at radius 1 is 1.23 bits per heavy atom. The molecule has 22 heavy (non-hydrogen) atoms. The van der Waals surface area contributed by atoms with Gasteiger partial charge in [-0.15, -0.1) is 0 Å². The summed E-state index contributed by atoms with van der Waals surface area (Å²) in [7, 11) is 0. The van der Waals surface area contributed by atoms with E-state index < -0.39 is 5.97 Å². The van der Waals surface area contributed by atoms with Crippen molar-refractivity contribution in [3.05, 3.63) is 23.3 Å². The van der Waals surface area contributed by atoms with Crippen molar-refractivity contribution in [3.8, 4) is 0 Å². The van der Waals surface area contributed by atoms with Crippen molar-refractivity contribution >= 4 is 5.97 Å². The summed E-state index contributed by atoms with van der Waals surface area (Å²) in [6.07, 6.45) is 11.9. The molecule has 1 rings (SSSR count). The van der Waals surface area contributed by atoms with Gasteiger partial charge in [0, 0.05) is 11.8 Å². The average Bonchev–Trinajstić information content (AvgIpc) is 2.36. The molecule has 0 radical (unpaired) electrons. The van der Waals surface area contributed by atoms with Crippen LogP contribution >= 0.6 is 0 Å². The van der Waals surface area contributed by atoms with E-state index in [2.05, 4.69) is 39.8 Å². The number of allylic oxidation sites excluding steroid dienone is 4. The second-order valence-electron chi connectivity index (χ2n) is 7.86. The lowest BCUT2D eigenvalue weighted by Gasteiger charge is -2.31. The summed E-state index contributed by atoms with van der Waals surface area (Å²) in [4.78, 5) is 10.7. The number of carboxylic acid groups (broad SMARTS) is 1. The summed E-state index contributed by atoms with van der Waals surface area (Å²) in [5.74, 6) is 0.353. The van der Waals surface area contributed by atoms with E-state index in [1.165, 1.54) is 19.3 Å². The lowest BCUT2D eigenvalue weighted by molar-refractivity contribution is -0.138. The van der Waals surface area contributed by atoms with Gasteiger partial charge in [-0.2, -0.15) is 0 Å². The monoisotopic (exact) mass is 306 g/mol. The van der Waals surface area contributed by atoms with E-state index in [0.29, 0.717) is 12.3 Å². The molecule has 1 N–H and O–H groups in total. The van der Waals surface area contributed by atoms with Crippen LogP contribution in [0.5, 0.6) is 0 Å². The molecule has 0 aliphatic heterocycles. The van der Waals surface area contributed by atoms with Crippen molar-refractivity contribution in [1.29, 1.82) is 0 Å². The molecule has 0 aromatic carbocycles. The van der Waals surface area contributed by atoms with Crippen LogP contribution < -0.4 is 0 Å². The van der Waals surface area contributed by atoms with E-state index in [9.17, 15) is 4.79 Å². The SMILES string of the molecule is CC1=C(CCC(C)CCCC(C)CC(=O)O)C(C)(C)C=CC1. The molecule has 0 fully saturated rings. The van der Waals surface area contributed by atoms with Crippen LogP contribution in [0.25, 0.3) is 0 Å². The third-order valence-electron chi connectivity index (χ3n) is 5.06. The van der Waals surface area contributed by atoms with Gasteiger partial charge in [0.25, 0.3) is 0 Å². The number of carbonyl (C=O) groups is 1. The standard InChI is InChI=1S/C20H34O2/c1-15(8-6-9-16(2)14-19(21)22)11-12-18-17(3)10-7-13-20(18,4)5/h7,13,15-16H,6,8-12,14H2,1-5H3,(H,21,22). The molecule has 0 saturated carbocycles. The maximum atomic E-state index is 10.7. The summed E-state index contributed by atoms with van der Waals surface area (Å²) in [5, 5.41) is 8.78. The third kappa shape index (κ3) is 6.37. The van der Waals surface area contributed by atoms with Crippen LogP contribution in [0.3, 0.4) is 0 Å². The summed E-state index contributed by atoms with van der Waals surface area (Å²) < 4.78 is 0. The second kappa shape index (κ2) is 8.55.